The van der Waals surface area contributed by atoms with Crippen LogP contribution in [-0.2, 0) is 4.79 Å². The monoisotopic (exact) mass is 337 g/mol. The van der Waals surface area contributed by atoms with Crippen LogP contribution in [0.3, 0.4) is 0 Å². The highest BCUT2D eigenvalue weighted by Crippen LogP contribution is 2.24. The maximum Gasteiger partial charge on any atom is 0.320 e. The molecule has 3 aliphatic rings. The molecule has 0 aliphatic carbocycles. The molecule has 0 aromatic rings. The Morgan fingerprint density at radius 1 is 1.33 bits per heavy atom. The molecule has 2 atom stereocenters. The van der Waals surface area contributed by atoms with E-state index in [9.17, 15) is 14.4 Å². The van der Waals surface area contributed by atoms with E-state index < -0.39 is 0 Å². The third-order valence-electron chi connectivity index (χ3n) is 5.16. The van der Waals surface area contributed by atoms with E-state index in [1.807, 2.05) is 9.80 Å². The van der Waals surface area contributed by atoms with Gasteiger partial charge in [-0.05, 0) is 25.7 Å². The summed E-state index contributed by atoms with van der Waals surface area (Å²) in [5.74, 6) is 0.0535. The highest BCUT2D eigenvalue weighted by atomic mass is 16.2. The molecular weight excluding hydrogens is 310 g/mol. The predicted molar refractivity (Wildman–Crippen MR) is 88.5 cm³/mol. The number of carbonyl (C=O) groups excluding carboxylic acids is 3. The molecule has 134 valence electrons. The van der Waals surface area contributed by atoms with Crippen molar-refractivity contribution >= 4 is 18.0 Å². The molecule has 24 heavy (non-hydrogen) atoms. The molecule has 3 heterocycles. The number of nitrogens with one attached hydrogen (secondary N) is 2. The summed E-state index contributed by atoms with van der Waals surface area (Å²) in [5.41, 5.74) is 0. The summed E-state index contributed by atoms with van der Waals surface area (Å²) >= 11 is 0. The van der Waals surface area contributed by atoms with Crippen molar-refractivity contribution in [2.45, 2.75) is 44.2 Å². The van der Waals surface area contributed by atoms with Gasteiger partial charge in [0.25, 0.3) is 0 Å². The van der Waals surface area contributed by atoms with Gasteiger partial charge in [-0.1, -0.05) is 0 Å². The minimum absolute atomic E-state index is 0.0457. The first-order chi connectivity index (χ1) is 11.5. The molecule has 0 bridgehead atoms. The van der Waals surface area contributed by atoms with Crippen LogP contribution in [-0.4, -0.2) is 84.5 Å². The highest BCUT2D eigenvalue weighted by Gasteiger charge is 2.37. The molecule has 0 aromatic carbocycles. The van der Waals surface area contributed by atoms with Crippen molar-refractivity contribution in [2.75, 3.05) is 39.8 Å². The van der Waals surface area contributed by atoms with E-state index in [0.29, 0.717) is 32.1 Å². The summed E-state index contributed by atoms with van der Waals surface area (Å²) in [6.45, 7) is 3.15. The van der Waals surface area contributed by atoms with Gasteiger partial charge < -0.3 is 25.3 Å². The number of hydrogen-bond acceptors (Lipinski definition) is 3. The van der Waals surface area contributed by atoms with Crippen molar-refractivity contribution in [3.63, 3.8) is 0 Å². The van der Waals surface area contributed by atoms with Crippen LogP contribution in [0.1, 0.15) is 32.1 Å². The Morgan fingerprint density at radius 3 is 2.88 bits per heavy atom. The minimum Gasteiger partial charge on any atom is -0.352 e. The van der Waals surface area contributed by atoms with Crippen molar-refractivity contribution in [2.24, 2.45) is 0 Å². The van der Waals surface area contributed by atoms with E-state index in [1.54, 1.807) is 11.9 Å². The fourth-order valence-electron chi connectivity index (χ4n) is 3.80. The molecule has 2 N–H and O–H groups in total. The topological polar surface area (TPSA) is 85.0 Å². The fourth-order valence-corrected chi connectivity index (χ4v) is 3.80. The molecule has 3 saturated heterocycles. The minimum atomic E-state index is -0.166. The van der Waals surface area contributed by atoms with Crippen molar-refractivity contribution < 1.29 is 14.4 Å². The van der Waals surface area contributed by atoms with Gasteiger partial charge in [0.15, 0.2) is 0 Å². The lowest BCUT2D eigenvalue weighted by Crippen LogP contribution is -2.46. The Balaban J connectivity index is 1.37. The van der Waals surface area contributed by atoms with Crippen LogP contribution in [0.15, 0.2) is 0 Å². The normalized spacial score (nSPS) is 26.4. The SMILES string of the molecule is CN(C[C@@H]1CCC(=O)N1)C(=O)NCCN1CC2CCCCN2C1=O. The summed E-state index contributed by atoms with van der Waals surface area (Å²) in [6.07, 6.45) is 4.69. The molecule has 0 spiro atoms. The zero-order valence-electron chi connectivity index (χ0n) is 14.3. The van der Waals surface area contributed by atoms with Crippen LogP contribution in [0.5, 0.6) is 0 Å². The maximum absolute atomic E-state index is 12.3. The predicted octanol–water partition coefficient (Wildman–Crippen LogP) is 0.197. The van der Waals surface area contributed by atoms with E-state index in [2.05, 4.69) is 10.6 Å². The molecular formula is C16H27N5O3. The van der Waals surface area contributed by atoms with Gasteiger partial charge in [0.1, 0.15) is 0 Å². The molecule has 0 aromatic heterocycles. The Bertz CT molecular complexity index is 512. The van der Waals surface area contributed by atoms with Gasteiger partial charge in [0.05, 0.1) is 6.04 Å². The Labute approximate surface area is 142 Å². The number of amides is 5. The van der Waals surface area contributed by atoms with Gasteiger partial charge in [0.2, 0.25) is 5.91 Å². The molecule has 3 rings (SSSR count). The second-order valence-corrected chi connectivity index (χ2v) is 6.99. The third kappa shape index (κ3) is 3.73. The summed E-state index contributed by atoms with van der Waals surface area (Å²) in [4.78, 5) is 41.0. The average Bonchev–Trinajstić information content (AvgIpc) is 3.11. The summed E-state index contributed by atoms with van der Waals surface area (Å²) in [5, 5.41) is 5.71. The number of piperidine rings is 1. The van der Waals surface area contributed by atoms with Gasteiger partial charge in [-0.15, -0.1) is 0 Å². The Hall–Kier alpha value is -1.99. The molecule has 0 radical (unpaired) electrons. The maximum atomic E-state index is 12.3. The van der Waals surface area contributed by atoms with E-state index in [-0.39, 0.29) is 24.0 Å². The zero-order valence-corrected chi connectivity index (χ0v) is 14.3. The number of carbonyl (C=O) groups is 3. The molecule has 3 aliphatic heterocycles. The van der Waals surface area contributed by atoms with Crippen LogP contribution in [0.25, 0.3) is 0 Å². The standard InChI is InChI=1S/C16H27N5O3/c1-19(10-12-5-6-14(22)18-12)15(23)17-7-9-20-11-13-4-2-3-8-21(13)16(20)24/h12-13H,2-11H2,1H3,(H,17,23)(H,18,22)/t12-,13?/m0/s1. The van der Waals surface area contributed by atoms with Crippen LogP contribution >= 0.6 is 0 Å². The summed E-state index contributed by atoms with van der Waals surface area (Å²) < 4.78 is 0. The van der Waals surface area contributed by atoms with Crippen LogP contribution in [0.4, 0.5) is 9.59 Å². The molecule has 1 unspecified atom stereocenters. The van der Waals surface area contributed by atoms with E-state index >= 15 is 0 Å². The largest absolute Gasteiger partial charge is 0.352 e. The lowest BCUT2D eigenvalue weighted by molar-refractivity contribution is -0.119. The second-order valence-electron chi connectivity index (χ2n) is 6.99. The van der Waals surface area contributed by atoms with E-state index in [4.69, 9.17) is 0 Å². The number of likely N-dealkylation sites (N-methyl/N-ethyl adjacent to an activating group) is 1. The lowest BCUT2D eigenvalue weighted by Gasteiger charge is -2.27. The first-order valence-corrected chi connectivity index (χ1v) is 8.88. The van der Waals surface area contributed by atoms with Crippen LogP contribution in [0, 0.1) is 0 Å². The molecule has 3 fully saturated rings. The number of fused-ring (bicyclic) bond motifs is 1. The molecule has 0 saturated carbocycles. The first kappa shape index (κ1) is 16.9. The van der Waals surface area contributed by atoms with Gasteiger partial charge in [-0.2, -0.15) is 0 Å². The smallest absolute Gasteiger partial charge is 0.320 e. The second kappa shape index (κ2) is 7.27. The molecule has 5 amide bonds. The summed E-state index contributed by atoms with van der Waals surface area (Å²) in [6, 6.07) is 0.344. The van der Waals surface area contributed by atoms with Crippen molar-refractivity contribution in [3.8, 4) is 0 Å². The third-order valence-corrected chi connectivity index (χ3v) is 5.16. The number of urea groups is 2. The molecule has 8 nitrogen and oxygen atoms in total. The first-order valence-electron chi connectivity index (χ1n) is 8.88. The number of rotatable bonds is 5. The quantitative estimate of drug-likeness (QED) is 0.751. The van der Waals surface area contributed by atoms with Gasteiger partial charge in [-0.3, -0.25) is 4.79 Å². The van der Waals surface area contributed by atoms with E-state index in [0.717, 1.165) is 32.4 Å². The number of nitrogens with zero attached hydrogens (tertiary/aromatic N) is 3. The highest BCUT2D eigenvalue weighted by molar-refractivity contribution is 5.79. The number of hydrogen-bond donors (Lipinski definition) is 2. The van der Waals surface area contributed by atoms with Crippen LogP contribution < -0.4 is 10.6 Å². The Morgan fingerprint density at radius 2 is 2.17 bits per heavy atom. The fraction of sp³-hybridized carbons (Fsp3) is 0.812. The zero-order chi connectivity index (χ0) is 17.1. The van der Waals surface area contributed by atoms with Gasteiger partial charge >= 0.3 is 12.1 Å². The summed E-state index contributed by atoms with van der Waals surface area (Å²) in [7, 11) is 1.72. The van der Waals surface area contributed by atoms with E-state index in [1.165, 1.54) is 6.42 Å². The van der Waals surface area contributed by atoms with Crippen molar-refractivity contribution in [3.05, 3.63) is 0 Å². The van der Waals surface area contributed by atoms with Crippen LogP contribution in [0.2, 0.25) is 0 Å². The van der Waals surface area contributed by atoms with Crippen molar-refractivity contribution in [1.29, 1.82) is 0 Å². The lowest BCUT2D eigenvalue weighted by atomic mass is 10.0. The van der Waals surface area contributed by atoms with Gasteiger partial charge in [-0.25, -0.2) is 9.59 Å². The van der Waals surface area contributed by atoms with Crippen molar-refractivity contribution in [1.82, 2.24) is 25.3 Å². The Kier molecular flexibility index (Phi) is 5.11. The average molecular weight is 337 g/mol. The molecule has 8 heteroatoms. The van der Waals surface area contributed by atoms with Gasteiger partial charge in [0, 0.05) is 52.2 Å².